The van der Waals surface area contributed by atoms with E-state index in [1.165, 1.54) is 13.8 Å². The molecule has 3 aliphatic rings. The molecule has 2 heterocycles. The van der Waals surface area contributed by atoms with Crippen LogP contribution in [0.1, 0.15) is 118 Å². The molecule has 2 fully saturated rings. The van der Waals surface area contributed by atoms with Crippen LogP contribution < -0.4 is 10.6 Å². The fraction of sp³-hybridized carbons (Fsp3) is 0.636. The Morgan fingerprint density at radius 1 is 0.667 bits per heavy atom. The zero-order chi connectivity index (χ0) is 32.9. The van der Waals surface area contributed by atoms with Crippen molar-refractivity contribution < 1.29 is 35.9 Å². The van der Waals surface area contributed by atoms with Crippen LogP contribution in [0.4, 0.5) is 26.3 Å². The van der Waals surface area contributed by atoms with Gasteiger partial charge in [0.15, 0.2) is 0 Å². The van der Waals surface area contributed by atoms with Gasteiger partial charge in [-0.05, 0) is 77.3 Å². The smallest absolute Gasteiger partial charge is 0.349 e. The first-order chi connectivity index (χ1) is 21.1. The van der Waals surface area contributed by atoms with Crippen LogP contribution in [0.15, 0.2) is 12.1 Å². The molecule has 2 N–H and O–H groups in total. The molecule has 2 amide bonds. The monoisotopic (exact) mass is 674 g/mol. The summed E-state index contributed by atoms with van der Waals surface area (Å²) in [5.74, 6) is -17.7. The molecular weight excluding hydrogens is 634 g/mol. The van der Waals surface area contributed by atoms with Crippen molar-refractivity contribution in [3.63, 3.8) is 0 Å². The molecule has 5 rings (SSSR count). The summed E-state index contributed by atoms with van der Waals surface area (Å²) in [5.41, 5.74) is -4.53. The Balaban J connectivity index is 1.60. The fourth-order valence-electron chi connectivity index (χ4n) is 7.22. The first kappa shape index (κ1) is 34.0. The second kappa shape index (κ2) is 12.7. The maximum Gasteiger partial charge on any atom is 0.380 e. The van der Waals surface area contributed by atoms with Crippen LogP contribution in [0, 0.1) is 25.7 Å². The highest BCUT2D eigenvalue weighted by molar-refractivity contribution is 7.14. The van der Waals surface area contributed by atoms with Crippen molar-refractivity contribution >= 4 is 45.6 Å². The molecule has 45 heavy (non-hydrogen) atoms. The molecule has 4 nitrogen and oxygen atoms in total. The van der Waals surface area contributed by atoms with Crippen molar-refractivity contribution in [1.29, 1.82) is 0 Å². The summed E-state index contributed by atoms with van der Waals surface area (Å²) in [4.78, 5) is 27.0. The lowest BCUT2D eigenvalue weighted by molar-refractivity contribution is -0.254. The van der Waals surface area contributed by atoms with Gasteiger partial charge in [0.05, 0.1) is 9.75 Å². The Hall–Kier alpha value is -2.34. The van der Waals surface area contributed by atoms with Crippen LogP contribution in [0.25, 0.3) is 11.1 Å². The highest BCUT2D eigenvalue weighted by Crippen LogP contribution is 2.65. The van der Waals surface area contributed by atoms with Crippen LogP contribution in [0.5, 0.6) is 0 Å². The van der Waals surface area contributed by atoms with Crippen molar-refractivity contribution in [2.45, 2.75) is 122 Å². The lowest BCUT2D eigenvalue weighted by Gasteiger charge is -2.28. The summed E-state index contributed by atoms with van der Waals surface area (Å²) in [5, 5.41) is 5.64. The Morgan fingerprint density at radius 3 is 1.33 bits per heavy atom. The number of hydrogen-bond acceptors (Lipinski definition) is 4. The number of aryl methyl sites for hydroxylation is 2. The third kappa shape index (κ3) is 6.10. The number of halogens is 6. The summed E-state index contributed by atoms with van der Waals surface area (Å²) in [6.07, 6.45) is 9.68. The number of alkyl halides is 6. The van der Waals surface area contributed by atoms with Crippen molar-refractivity contribution in [1.82, 2.24) is 10.6 Å². The van der Waals surface area contributed by atoms with E-state index in [0.29, 0.717) is 9.75 Å². The van der Waals surface area contributed by atoms with E-state index in [1.807, 2.05) is 0 Å². The zero-order valence-electron chi connectivity index (χ0n) is 25.9. The average molecular weight is 675 g/mol. The molecule has 0 bridgehead atoms. The van der Waals surface area contributed by atoms with Crippen LogP contribution >= 0.6 is 22.7 Å². The van der Waals surface area contributed by atoms with Crippen LogP contribution in [0.2, 0.25) is 0 Å². The molecule has 12 heteroatoms. The van der Waals surface area contributed by atoms with Gasteiger partial charge in [-0.15, -0.1) is 22.7 Å². The molecule has 248 valence electrons. The minimum atomic E-state index is -5.80. The minimum absolute atomic E-state index is 0.162. The molecule has 0 saturated heterocycles. The molecule has 2 aromatic rings. The van der Waals surface area contributed by atoms with Crippen LogP contribution in [-0.4, -0.2) is 41.7 Å². The van der Waals surface area contributed by atoms with Crippen molar-refractivity contribution in [2.24, 2.45) is 11.8 Å². The molecule has 0 radical (unpaired) electrons. The third-order valence-electron chi connectivity index (χ3n) is 9.76. The van der Waals surface area contributed by atoms with Gasteiger partial charge in [-0.3, -0.25) is 9.59 Å². The van der Waals surface area contributed by atoms with Gasteiger partial charge in [0.1, 0.15) is 0 Å². The Morgan fingerprint density at radius 2 is 1.00 bits per heavy atom. The molecule has 2 saturated carbocycles. The predicted octanol–water partition coefficient (Wildman–Crippen LogP) is 9.65. The normalized spacial score (nSPS) is 23.2. The van der Waals surface area contributed by atoms with Gasteiger partial charge in [0, 0.05) is 44.1 Å². The Labute approximate surface area is 268 Å². The van der Waals surface area contributed by atoms with E-state index < -0.39 is 51.9 Å². The first-order valence-corrected chi connectivity index (χ1v) is 17.4. The van der Waals surface area contributed by atoms with Gasteiger partial charge in [0.25, 0.3) is 11.8 Å². The highest BCUT2D eigenvalue weighted by atomic mass is 32.1. The number of nitrogens with one attached hydrogen (secondary N) is 2. The molecule has 0 unspecified atom stereocenters. The topological polar surface area (TPSA) is 58.2 Å². The van der Waals surface area contributed by atoms with Gasteiger partial charge < -0.3 is 10.6 Å². The minimum Gasteiger partial charge on any atom is -0.349 e. The zero-order valence-corrected chi connectivity index (χ0v) is 27.6. The van der Waals surface area contributed by atoms with Crippen molar-refractivity contribution in [3.8, 4) is 0 Å². The molecule has 0 aliphatic heterocycles. The number of thiophene rings is 2. The van der Waals surface area contributed by atoms with Crippen LogP contribution in [-0.2, 0) is 0 Å². The summed E-state index contributed by atoms with van der Waals surface area (Å²) < 4.78 is 93.6. The fourth-order valence-corrected chi connectivity index (χ4v) is 9.06. The molecule has 2 atom stereocenters. The number of carbonyl (C=O) groups excluding carboxylic acids is 2. The highest BCUT2D eigenvalue weighted by Gasteiger charge is 2.80. The number of carbonyl (C=O) groups is 2. The number of hydrogen-bond donors (Lipinski definition) is 2. The van der Waals surface area contributed by atoms with Gasteiger partial charge >= 0.3 is 17.8 Å². The van der Waals surface area contributed by atoms with E-state index in [-0.39, 0.29) is 33.7 Å². The van der Waals surface area contributed by atoms with Gasteiger partial charge in [-0.25, -0.2) is 0 Å². The molecular formula is C33H40F6N2O2S2. The van der Waals surface area contributed by atoms with Gasteiger partial charge in [0.2, 0.25) is 0 Å². The summed E-state index contributed by atoms with van der Waals surface area (Å²) in [7, 11) is 0. The predicted molar refractivity (Wildman–Crippen MR) is 167 cm³/mol. The van der Waals surface area contributed by atoms with E-state index in [9.17, 15) is 9.59 Å². The lowest BCUT2D eigenvalue weighted by atomic mass is 9.84. The van der Waals surface area contributed by atoms with E-state index in [1.54, 1.807) is 13.8 Å². The van der Waals surface area contributed by atoms with E-state index in [2.05, 4.69) is 10.6 Å². The molecule has 0 aromatic carbocycles. The Bertz CT molecular complexity index is 1360. The van der Waals surface area contributed by atoms with E-state index in [0.717, 1.165) is 99.0 Å². The van der Waals surface area contributed by atoms with Gasteiger partial charge in [-0.2, -0.15) is 26.3 Å². The van der Waals surface area contributed by atoms with Crippen molar-refractivity contribution in [2.75, 3.05) is 0 Å². The second-order valence-corrected chi connectivity index (χ2v) is 15.5. The van der Waals surface area contributed by atoms with E-state index in [4.69, 9.17) is 0 Å². The number of rotatable bonds is 8. The number of allylic oxidation sites excluding steroid dienone is 2. The average Bonchev–Trinajstić information content (AvgIpc) is 3.60. The van der Waals surface area contributed by atoms with E-state index >= 15 is 26.3 Å². The molecule has 0 spiro atoms. The number of amides is 2. The summed E-state index contributed by atoms with van der Waals surface area (Å²) >= 11 is 1.58. The van der Waals surface area contributed by atoms with Gasteiger partial charge in [-0.1, -0.05) is 38.5 Å². The van der Waals surface area contributed by atoms with Crippen LogP contribution in [0.3, 0.4) is 0 Å². The SMILES string of the molecule is Cc1cc(C2=C(c3cc(C)sc3C(=O)N[C@H](C)C3CCCCC3)C(F)(F)C(F)(F)C2(F)F)c(C(=O)N[C@H](C)C2CCCCC2)s1. The lowest BCUT2D eigenvalue weighted by Crippen LogP contribution is -2.49. The molecule has 3 aliphatic carbocycles. The van der Waals surface area contributed by atoms with Crippen molar-refractivity contribution in [3.05, 3.63) is 42.8 Å². The second-order valence-electron chi connectivity index (χ2n) is 13.0. The first-order valence-electron chi connectivity index (χ1n) is 15.8. The summed E-state index contributed by atoms with van der Waals surface area (Å²) in [6.45, 7) is 6.61. The largest absolute Gasteiger partial charge is 0.380 e. The quantitative estimate of drug-likeness (QED) is 0.274. The third-order valence-corrected chi connectivity index (χ3v) is 11.9. The maximum atomic E-state index is 15.8. The summed E-state index contributed by atoms with van der Waals surface area (Å²) in [6, 6.07) is 1.54. The molecule has 2 aromatic heterocycles. The maximum absolute atomic E-state index is 15.8. The Kier molecular flexibility index (Phi) is 9.59. The standard InChI is InChI=1S/C33H40F6N2O2S2/c1-17-15-23(27(44-17)29(42)40-19(3)21-11-7-5-8-12-21)25-26(32(36,37)33(38,39)31(25,34)35)24-16-18(2)45-28(24)30(43)41-20(4)22-13-9-6-10-14-22/h15-16,19-22H,5-14H2,1-4H3,(H,40,42)(H,41,43)/t19-,20-/m1/s1.